The topological polar surface area (TPSA) is 253 Å². The largest absolute Gasteiger partial charge is 0.786 e. The first-order valence-electron chi connectivity index (χ1n) is 38.1. The van der Waals surface area contributed by atoms with Crippen LogP contribution in [-0.4, -0.2) is 0 Å². The van der Waals surface area contributed by atoms with Crippen LogP contribution < -0.4 is 124 Å². The second kappa shape index (κ2) is 64.1. The van der Waals surface area contributed by atoms with Crippen LogP contribution in [-0.2, 0) is 18.3 Å². The van der Waals surface area contributed by atoms with Gasteiger partial charge in [-0.1, -0.05) is 291 Å². The van der Waals surface area contributed by atoms with Crippen LogP contribution in [0.2, 0.25) is 0 Å². The van der Waals surface area contributed by atoms with Gasteiger partial charge in [-0.3, -0.25) is 0 Å². The molecule has 0 bridgehead atoms. The van der Waals surface area contributed by atoms with E-state index in [0.717, 1.165) is 0 Å². The lowest BCUT2D eigenvalue weighted by atomic mass is 10.4. The first-order chi connectivity index (χ1) is 59.6. The van der Waals surface area contributed by atoms with Crippen molar-refractivity contribution in [3.8, 4) is 0 Å². The zero-order valence-electron chi connectivity index (χ0n) is 67.0. The summed E-state index contributed by atoms with van der Waals surface area (Å²) in [7, 11) is -20.4. The maximum Gasteiger partial charge on any atom is 0.110 e. The second-order valence-corrected chi connectivity index (χ2v) is 41.9. The van der Waals surface area contributed by atoms with Crippen LogP contribution in [0.15, 0.2) is 485 Å². The lowest BCUT2D eigenvalue weighted by Crippen LogP contribution is -2.07. The highest BCUT2D eigenvalue weighted by Gasteiger charge is 2.08. The van der Waals surface area contributed by atoms with Crippen molar-refractivity contribution in [2.24, 2.45) is 0 Å². The first-order valence-corrected chi connectivity index (χ1v) is 53.0. The molecule has 0 saturated carbocycles. The first kappa shape index (κ1) is 106. The fourth-order valence-corrected chi connectivity index (χ4v) is 20.0. The van der Waals surface area contributed by atoms with E-state index >= 15 is 0 Å². The SMILES string of the molecule is O=P([O-])([O-])F.O=P([O-])([O-])F.O=P([O-])([O-])F.O=P([O-])([O-])F.c1ccc([PH2+]c2ccccc2)cc1.c1ccc([PH2+]c2ccccc2)cc1.c1ccc([PH2+]c2ccccc2)cc1.c1ccc([PH2+]c2ccccc2)cc1.c1ccc([PH2+]c2ccccc2)cc1.c1ccc([PH2+]c2ccccc2)cc1.c1ccc([PH2+]c2ccccc2)cc1.c1ccc([PH2+]c2ccccc2)cc1. The van der Waals surface area contributed by atoms with E-state index in [4.69, 9.17) is 57.4 Å². The zero-order valence-corrected chi connectivity index (χ0v) is 79.8. The van der Waals surface area contributed by atoms with E-state index in [1.54, 1.807) is 0 Å². The van der Waals surface area contributed by atoms with Crippen LogP contribution in [0.5, 0.6) is 0 Å². The Morgan fingerprint density at radius 1 is 0.121 bits per heavy atom. The summed E-state index contributed by atoms with van der Waals surface area (Å²) in [5.41, 5.74) is 0. The molecule has 0 radical (unpaired) electrons. The minimum absolute atomic E-state index is 0.271. The third-order valence-electron chi connectivity index (χ3n) is 15.5. The average Bonchev–Trinajstić information content (AvgIpc) is 0.950. The van der Waals surface area contributed by atoms with Crippen molar-refractivity contribution in [2.75, 3.05) is 0 Å². The maximum atomic E-state index is 10.1. The van der Waals surface area contributed by atoms with Gasteiger partial charge >= 0.3 is 0 Å². The Morgan fingerprint density at radius 2 is 0.161 bits per heavy atom. The van der Waals surface area contributed by atoms with Gasteiger partial charge < -0.3 is 57.4 Å². The number of hydrogen-bond acceptors (Lipinski definition) is 12. The monoisotopic (exact) mass is 1890 g/mol. The van der Waals surface area contributed by atoms with Crippen molar-refractivity contribution in [3.63, 3.8) is 0 Å². The standard InChI is InChI=1S/8C12H11P.4FH2O3P/c8*1-3-7-11(8-4-1)13-12-9-5-2-6-10-12;4*1-5(2,3)4/h8*1-10,13H;4*(H2,2,3,4). The quantitative estimate of drug-likeness (QED) is 0.0647. The van der Waals surface area contributed by atoms with Crippen LogP contribution in [0.25, 0.3) is 0 Å². The average molecular weight is 1890 g/mol. The van der Waals surface area contributed by atoms with Gasteiger partial charge in [0.25, 0.3) is 0 Å². The Hall–Kier alpha value is -8.72. The highest BCUT2D eigenvalue weighted by molar-refractivity contribution is 7.57. The smallest absolute Gasteiger partial charge is 0.110 e. The number of rotatable bonds is 16. The summed E-state index contributed by atoms with van der Waals surface area (Å²) in [6.45, 7) is 0. The Kier molecular flexibility index (Phi) is 54.7. The molecule has 16 aromatic carbocycles. The van der Waals surface area contributed by atoms with Gasteiger partial charge in [0.1, 0.15) is 31.6 Å². The fourth-order valence-electron chi connectivity index (χ4n) is 10.3. The molecule has 0 heterocycles. The van der Waals surface area contributed by atoms with Crippen LogP contribution >= 0.6 is 100 Å². The Balaban J connectivity index is 0.000000244. The van der Waals surface area contributed by atoms with E-state index in [-0.39, 0.29) is 68.6 Å². The second-order valence-electron chi connectivity index (χ2n) is 25.4. The molecule has 16 aromatic rings. The zero-order chi connectivity index (χ0) is 89.5. The summed E-state index contributed by atoms with van der Waals surface area (Å²) in [4.78, 5) is 67.5. The van der Waals surface area contributed by atoms with Gasteiger partial charge in [0.15, 0.2) is 0 Å². The normalized spacial score (nSPS) is 10.2. The molecule has 0 spiro atoms. The summed E-state index contributed by atoms with van der Waals surface area (Å²) in [6.07, 6.45) is 0. The van der Waals surface area contributed by atoms with Gasteiger partial charge in [-0.2, -0.15) is 0 Å². The number of halogens is 4. The summed E-state index contributed by atoms with van der Waals surface area (Å²) in [6, 6.07) is 171. The molecule has 0 atom stereocenters. The molecule has 0 N–H and O–H groups in total. The molecule has 0 aromatic heterocycles. The van der Waals surface area contributed by atoms with Gasteiger partial charge in [-0.15, -0.1) is 0 Å². The van der Waals surface area contributed by atoms with E-state index in [9.17, 15) is 16.8 Å². The molecule has 0 unspecified atom stereocenters. The highest BCUT2D eigenvalue weighted by atomic mass is 31.2. The highest BCUT2D eigenvalue weighted by Crippen LogP contribution is 2.25. The van der Waals surface area contributed by atoms with E-state index in [2.05, 4.69) is 485 Å². The predicted molar refractivity (Wildman–Crippen MR) is 530 cm³/mol. The number of benzene rings is 16. The van der Waals surface area contributed by atoms with Crippen molar-refractivity contribution in [3.05, 3.63) is 485 Å². The molecule has 640 valence electrons. The lowest BCUT2D eigenvalue weighted by molar-refractivity contribution is -0.330. The molecule has 0 aliphatic carbocycles. The molecule has 0 aliphatic heterocycles. The summed E-state index contributed by atoms with van der Waals surface area (Å²) in [5.74, 6) is 0. The minimum atomic E-state index is -5.64. The molecule has 12 nitrogen and oxygen atoms in total. The van der Waals surface area contributed by atoms with Gasteiger partial charge in [0.2, 0.25) is 0 Å². The van der Waals surface area contributed by atoms with E-state index < -0.39 is 31.6 Å². The van der Waals surface area contributed by atoms with Gasteiger partial charge in [-0.25, -0.2) is 16.8 Å². The molecule has 0 aliphatic rings. The van der Waals surface area contributed by atoms with Crippen LogP contribution in [0, 0.1) is 0 Å². The van der Waals surface area contributed by atoms with E-state index in [0.29, 0.717) is 0 Å². The molecule has 124 heavy (non-hydrogen) atoms. The third-order valence-corrected chi connectivity index (χ3v) is 27.0. The molecular weight excluding hydrogens is 1790 g/mol. The summed E-state index contributed by atoms with van der Waals surface area (Å²) in [5, 5.41) is 23.2. The molecule has 0 amide bonds. The Bertz CT molecular complexity index is 4170. The maximum absolute atomic E-state index is 10.1. The van der Waals surface area contributed by atoms with E-state index in [1.165, 1.54) is 84.9 Å². The van der Waals surface area contributed by atoms with Crippen LogP contribution in [0.3, 0.4) is 0 Å². The Labute approximate surface area is 739 Å². The van der Waals surface area contributed by atoms with Crippen LogP contribution in [0.1, 0.15) is 0 Å². The minimum Gasteiger partial charge on any atom is -0.786 e. The molecule has 28 heteroatoms. The molecule has 16 rings (SSSR count). The predicted octanol–water partition coefficient (Wildman–Crippen LogP) is 11.5. The molecular formula is C96H96F4O12P12. The third kappa shape index (κ3) is 62.4. The van der Waals surface area contributed by atoms with Gasteiger partial charge in [0, 0.05) is 0 Å². The fraction of sp³-hybridized carbons (Fsp3) is 0. The van der Waals surface area contributed by atoms with Crippen molar-refractivity contribution in [1.29, 1.82) is 0 Å². The lowest BCUT2D eigenvalue weighted by Gasteiger charge is -2.15. The van der Waals surface area contributed by atoms with Gasteiger partial charge in [-0.05, 0) is 194 Å². The van der Waals surface area contributed by atoms with Crippen molar-refractivity contribution in [1.82, 2.24) is 0 Å². The molecule has 0 saturated heterocycles. The van der Waals surface area contributed by atoms with Crippen LogP contribution in [0.4, 0.5) is 16.8 Å². The van der Waals surface area contributed by atoms with Crippen molar-refractivity contribution in [2.45, 2.75) is 0 Å². The number of hydrogen-bond donors (Lipinski definition) is 0. The van der Waals surface area contributed by atoms with Crippen molar-refractivity contribution < 1.29 is 74.2 Å². The van der Waals surface area contributed by atoms with E-state index in [1.807, 2.05) is 0 Å². The van der Waals surface area contributed by atoms with Crippen molar-refractivity contribution >= 4 is 185 Å². The molecule has 0 fully saturated rings. The Morgan fingerprint density at radius 3 is 0.202 bits per heavy atom. The summed E-state index contributed by atoms with van der Waals surface area (Å²) < 4.78 is 74.3. The van der Waals surface area contributed by atoms with Gasteiger partial charge in [0.05, 0.1) is 154 Å². The summed E-state index contributed by atoms with van der Waals surface area (Å²) >= 11 is 0.